The van der Waals surface area contributed by atoms with Crippen LogP contribution in [0.25, 0.3) is 0 Å². The van der Waals surface area contributed by atoms with Crippen LogP contribution in [0.2, 0.25) is 0 Å². The number of benzene rings is 3. The molecule has 1 amide bonds. The van der Waals surface area contributed by atoms with Crippen molar-refractivity contribution in [1.82, 2.24) is 0 Å². The number of ether oxygens (including phenoxy) is 3. The predicted molar refractivity (Wildman–Crippen MR) is 109 cm³/mol. The van der Waals surface area contributed by atoms with Gasteiger partial charge in [0.25, 0.3) is 5.91 Å². The van der Waals surface area contributed by atoms with E-state index in [1.165, 1.54) is 0 Å². The first kappa shape index (κ1) is 19.5. The molecule has 0 aliphatic carbocycles. The molecular weight excluding hydrogens is 354 g/mol. The van der Waals surface area contributed by atoms with Gasteiger partial charge in [0.1, 0.15) is 11.5 Å². The summed E-state index contributed by atoms with van der Waals surface area (Å²) in [5, 5.41) is 2.92. The van der Waals surface area contributed by atoms with Crippen molar-refractivity contribution in [1.29, 1.82) is 0 Å². The van der Waals surface area contributed by atoms with Crippen molar-refractivity contribution in [3.63, 3.8) is 0 Å². The molecule has 0 aliphatic heterocycles. The first-order valence-electron chi connectivity index (χ1n) is 9.09. The molecule has 0 aliphatic rings. The Morgan fingerprint density at radius 2 is 1.68 bits per heavy atom. The van der Waals surface area contributed by atoms with Gasteiger partial charge in [0.05, 0.1) is 19.4 Å². The number of rotatable bonds is 8. The summed E-state index contributed by atoms with van der Waals surface area (Å²) in [5.41, 5.74) is 1.94. The molecule has 0 unspecified atom stereocenters. The molecule has 0 spiro atoms. The molecule has 0 radical (unpaired) electrons. The number of carbonyl (C=O) groups excluding carboxylic acids is 1. The smallest absolute Gasteiger partial charge is 0.255 e. The third-order valence-corrected chi connectivity index (χ3v) is 4.11. The highest BCUT2D eigenvalue weighted by molar-refractivity contribution is 6.05. The Hall–Kier alpha value is -3.31. The summed E-state index contributed by atoms with van der Waals surface area (Å²) < 4.78 is 16.7. The lowest BCUT2D eigenvalue weighted by Crippen LogP contribution is -2.13. The zero-order valence-corrected chi connectivity index (χ0v) is 16.0. The molecule has 1 N–H and O–H groups in total. The van der Waals surface area contributed by atoms with Crippen LogP contribution in [0.4, 0.5) is 5.69 Å². The maximum Gasteiger partial charge on any atom is 0.255 e. The number of methoxy groups -OCH3 is 1. The van der Waals surface area contributed by atoms with E-state index >= 15 is 0 Å². The SMILES string of the molecule is CCOCc1cc(C(=O)Nc2ccccc2Oc2ccccc2)ccc1OC. The summed E-state index contributed by atoms with van der Waals surface area (Å²) in [6, 6.07) is 22.1. The van der Waals surface area contributed by atoms with Crippen LogP contribution in [-0.2, 0) is 11.3 Å². The Kier molecular flexibility index (Phi) is 6.65. The minimum atomic E-state index is -0.232. The quantitative estimate of drug-likeness (QED) is 0.580. The Morgan fingerprint density at radius 3 is 2.43 bits per heavy atom. The number of nitrogens with one attached hydrogen (secondary N) is 1. The van der Waals surface area contributed by atoms with E-state index in [9.17, 15) is 4.79 Å². The highest BCUT2D eigenvalue weighted by Crippen LogP contribution is 2.30. The highest BCUT2D eigenvalue weighted by Gasteiger charge is 2.13. The summed E-state index contributed by atoms with van der Waals surface area (Å²) in [6.45, 7) is 2.89. The first-order valence-corrected chi connectivity index (χ1v) is 9.09. The van der Waals surface area contributed by atoms with Gasteiger partial charge in [-0.3, -0.25) is 4.79 Å². The Balaban J connectivity index is 1.80. The van der Waals surface area contributed by atoms with Crippen molar-refractivity contribution < 1.29 is 19.0 Å². The molecule has 0 saturated heterocycles. The molecule has 3 aromatic rings. The van der Waals surface area contributed by atoms with Gasteiger partial charge in [-0.05, 0) is 49.4 Å². The van der Waals surface area contributed by atoms with Crippen LogP contribution in [0.15, 0.2) is 72.8 Å². The number of anilines is 1. The van der Waals surface area contributed by atoms with E-state index in [1.54, 1.807) is 31.4 Å². The monoisotopic (exact) mass is 377 g/mol. The molecule has 0 bridgehead atoms. The van der Waals surface area contributed by atoms with Gasteiger partial charge in [0.15, 0.2) is 5.75 Å². The zero-order valence-electron chi connectivity index (χ0n) is 16.0. The van der Waals surface area contributed by atoms with Gasteiger partial charge in [-0.15, -0.1) is 0 Å². The average molecular weight is 377 g/mol. The van der Waals surface area contributed by atoms with Crippen LogP contribution in [0.5, 0.6) is 17.2 Å². The maximum atomic E-state index is 12.8. The van der Waals surface area contributed by atoms with Crippen molar-refractivity contribution in [2.75, 3.05) is 19.0 Å². The number of amides is 1. The summed E-state index contributed by atoms with van der Waals surface area (Å²) in [4.78, 5) is 12.8. The second-order valence-corrected chi connectivity index (χ2v) is 6.03. The molecule has 0 heterocycles. The molecule has 0 fully saturated rings. The zero-order chi connectivity index (χ0) is 19.8. The molecule has 3 aromatic carbocycles. The third-order valence-electron chi connectivity index (χ3n) is 4.11. The molecule has 0 atom stereocenters. The van der Waals surface area contributed by atoms with Crippen LogP contribution < -0.4 is 14.8 Å². The average Bonchev–Trinajstić information content (AvgIpc) is 2.74. The normalized spacial score (nSPS) is 10.4. The summed E-state index contributed by atoms with van der Waals surface area (Å²) in [7, 11) is 1.60. The first-order chi connectivity index (χ1) is 13.7. The summed E-state index contributed by atoms with van der Waals surface area (Å²) in [6.07, 6.45) is 0. The fourth-order valence-electron chi connectivity index (χ4n) is 2.71. The number of hydrogen-bond acceptors (Lipinski definition) is 4. The molecule has 144 valence electrons. The minimum absolute atomic E-state index is 0.232. The van der Waals surface area contributed by atoms with Crippen LogP contribution >= 0.6 is 0 Å². The van der Waals surface area contributed by atoms with Crippen molar-refractivity contribution in [3.05, 3.63) is 83.9 Å². The van der Waals surface area contributed by atoms with Crippen molar-refractivity contribution >= 4 is 11.6 Å². The second kappa shape index (κ2) is 9.58. The van der Waals surface area contributed by atoms with Gasteiger partial charge in [-0.25, -0.2) is 0 Å². The Labute approximate surface area is 164 Å². The Bertz CT molecular complexity index is 925. The van der Waals surface area contributed by atoms with Crippen LogP contribution in [0, 0.1) is 0 Å². The van der Waals surface area contributed by atoms with E-state index in [0.29, 0.717) is 41.7 Å². The van der Waals surface area contributed by atoms with E-state index in [-0.39, 0.29) is 5.91 Å². The van der Waals surface area contributed by atoms with Gasteiger partial charge >= 0.3 is 0 Å². The lowest BCUT2D eigenvalue weighted by molar-refractivity contribution is 0.102. The molecular formula is C23H23NO4. The molecule has 28 heavy (non-hydrogen) atoms. The lowest BCUT2D eigenvalue weighted by atomic mass is 10.1. The molecule has 3 rings (SSSR count). The standard InChI is InChI=1S/C23H23NO4/c1-3-27-16-18-15-17(13-14-21(18)26-2)23(25)24-20-11-7-8-12-22(20)28-19-9-5-4-6-10-19/h4-15H,3,16H2,1-2H3,(H,24,25). The van der Waals surface area contributed by atoms with E-state index < -0.39 is 0 Å². The van der Waals surface area contributed by atoms with E-state index in [1.807, 2.05) is 55.5 Å². The molecule has 5 nitrogen and oxygen atoms in total. The molecule has 0 saturated carbocycles. The van der Waals surface area contributed by atoms with Gasteiger partial charge in [-0.2, -0.15) is 0 Å². The Morgan fingerprint density at radius 1 is 0.929 bits per heavy atom. The second-order valence-electron chi connectivity index (χ2n) is 6.03. The van der Waals surface area contributed by atoms with Crippen molar-refractivity contribution in [2.45, 2.75) is 13.5 Å². The number of hydrogen-bond donors (Lipinski definition) is 1. The van der Waals surface area contributed by atoms with Crippen LogP contribution in [0.3, 0.4) is 0 Å². The van der Waals surface area contributed by atoms with E-state index in [4.69, 9.17) is 14.2 Å². The van der Waals surface area contributed by atoms with Gasteiger partial charge in [-0.1, -0.05) is 30.3 Å². The van der Waals surface area contributed by atoms with E-state index in [0.717, 1.165) is 5.56 Å². The summed E-state index contributed by atoms with van der Waals surface area (Å²) in [5.74, 6) is 1.74. The number of carbonyl (C=O) groups is 1. The van der Waals surface area contributed by atoms with Gasteiger partial charge in [0.2, 0.25) is 0 Å². The van der Waals surface area contributed by atoms with Crippen molar-refractivity contribution in [3.8, 4) is 17.2 Å². The van der Waals surface area contributed by atoms with Gasteiger partial charge < -0.3 is 19.5 Å². The lowest BCUT2D eigenvalue weighted by Gasteiger charge is -2.14. The minimum Gasteiger partial charge on any atom is -0.496 e. The van der Waals surface area contributed by atoms with E-state index in [2.05, 4.69) is 5.32 Å². The third kappa shape index (κ3) is 4.90. The largest absolute Gasteiger partial charge is 0.496 e. The fraction of sp³-hybridized carbons (Fsp3) is 0.174. The maximum absolute atomic E-state index is 12.8. The predicted octanol–water partition coefficient (Wildman–Crippen LogP) is 5.28. The summed E-state index contributed by atoms with van der Waals surface area (Å²) >= 11 is 0. The molecule has 0 aromatic heterocycles. The highest BCUT2D eigenvalue weighted by atomic mass is 16.5. The van der Waals surface area contributed by atoms with Crippen LogP contribution in [-0.4, -0.2) is 19.6 Å². The van der Waals surface area contributed by atoms with Crippen LogP contribution in [0.1, 0.15) is 22.8 Å². The topological polar surface area (TPSA) is 56.8 Å². The fourth-order valence-corrected chi connectivity index (χ4v) is 2.71. The molecule has 5 heteroatoms. The van der Waals surface area contributed by atoms with Crippen molar-refractivity contribution in [2.24, 2.45) is 0 Å². The van der Waals surface area contributed by atoms with Gasteiger partial charge in [0, 0.05) is 17.7 Å². The number of para-hydroxylation sites is 3.